The second kappa shape index (κ2) is 6.20. The molecule has 0 aliphatic carbocycles. The van der Waals surface area contributed by atoms with Crippen LogP contribution >= 0.6 is 0 Å². The molecule has 1 fully saturated rings. The molecule has 2 rings (SSSR count). The van der Waals surface area contributed by atoms with Crippen LogP contribution in [0.4, 0.5) is 10.5 Å². The molecule has 0 unspecified atom stereocenters. The van der Waals surface area contributed by atoms with Crippen molar-refractivity contribution in [2.45, 2.75) is 6.42 Å². The third kappa shape index (κ3) is 3.33. The van der Waals surface area contributed by atoms with Crippen molar-refractivity contribution in [2.75, 3.05) is 32.2 Å². The predicted octanol–water partition coefficient (Wildman–Crippen LogP) is 1.25. The Morgan fingerprint density at radius 1 is 1.67 bits per heavy atom. The average Bonchev–Trinajstić information content (AvgIpc) is 2.90. The van der Waals surface area contributed by atoms with E-state index in [2.05, 4.69) is 15.6 Å². The van der Waals surface area contributed by atoms with Crippen molar-refractivity contribution in [3.63, 3.8) is 0 Å². The first kappa shape index (κ1) is 12.6. The highest BCUT2D eigenvalue weighted by Gasteiger charge is 2.16. The van der Waals surface area contributed by atoms with Gasteiger partial charge in [0.05, 0.1) is 13.7 Å². The predicted molar refractivity (Wildman–Crippen MR) is 66.7 cm³/mol. The fraction of sp³-hybridized carbons (Fsp3) is 0.500. The SMILES string of the molecule is COc1ncccc1NC(=O)NC[C@@H]1CCOC1. The van der Waals surface area contributed by atoms with Crippen molar-refractivity contribution in [1.82, 2.24) is 10.3 Å². The molecule has 2 heterocycles. The molecule has 1 aromatic rings. The summed E-state index contributed by atoms with van der Waals surface area (Å²) >= 11 is 0. The van der Waals surface area contributed by atoms with E-state index >= 15 is 0 Å². The van der Waals surface area contributed by atoms with Crippen LogP contribution in [0.5, 0.6) is 5.88 Å². The molecule has 1 aliphatic heterocycles. The van der Waals surface area contributed by atoms with Gasteiger partial charge in [-0.1, -0.05) is 0 Å². The summed E-state index contributed by atoms with van der Waals surface area (Å²) in [5.74, 6) is 0.809. The molecule has 0 saturated carbocycles. The van der Waals surface area contributed by atoms with E-state index in [0.717, 1.165) is 19.6 Å². The van der Waals surface area contributed by atoms with E-state index in [1.807, 2.05) is 0 Å². The fourth-order valence-corrected chi connectivity index (χ4v) is 1.80. The first-order valence-electron chi connectivity index (χ1n) is 5.91. The number of ether oxygens (including phenoxy) is 2. The van der Waals surface area contributed by atoms with Crippen LogP contribution in [0.15, 0.2) is 18.3 Å². The number of pyridine rings is 1. The van der Waals surface area contributed by atoms with Crippen LogP contribution in [-0.4, -0.2) is 37.9 Å². The van der Waals surface area contributed by atoms with Crippen LogP contribution < -0.4 is 15.4 Å². The van der Waals surface area contributed by atoms with E-state index in [1.54, 1.807) is 18.3 Å². The second-order valence-electron chi connectivity index (χ2n) is 4.12. The standard InChI is InChI=1S/C12H17N3O3/c1-17-11-10(3-2-5-13-11)15-12(16)14-7-9-4-6-18-8-9/h2-3,5,9H,4,6-8H2,1H3,(H2,14,15,16)/t9-/m0/s1. The van der Waals surface area contributed by atoms with Crippen LogP contribution in [0.2, 0.25) is 0 Å². The lowest BCUT2D eigenvalue weighted by Gasteiger charge is -2.12. The Morgan fingerprint density at radius 3 is 3.28 bits per heavy atom. The van der Waals surface area contributed by atoms with Crippen LogP contribution in [0.3, 0.4) is 0 Å². The van der Waals surface area contributed by atoms with Gasteiger partial charge in [0.25, 0.3) is 0 Å². The quantitative estimate of drug-likeness (QED) is 0.844. The van der Waals surface area contributed by atoms with Gasteiger partial charge in [-0.3, -0.25) is 0 Å². The molecular weight excluding hydrogens is 234 g/mol. The lowest BCUT2D eigenvalue weighted by molar-refractivity contribution is 0.185. The van der Waals surface area contributed by atoms with Gasteiger partial charge in [-0.25, -0.2) is 9.78 Å². The van der Waals surface area contributed by atoms with E-state index in [9.17, 15) is 4.79 Å². The van der Waals surface area contributed by atoms with Gasteiger partial charge in [-0.2, -0.15) is 0 Å². The molecule has 1 atom stereocenters. The number of carbonyl (C=O) groups is 1. The molecule has 98 valence electrons. The molecule has 0 bridgehead atoms. The van der Waals surface area contributed by atoms with Gasteiger partial charge in [-0.15, -0.1) is 0 Å². The first-order chi connectivity index (χ1) is 8.79. The number of carbonyl (C=O) groups excluding carboxylic acids is 1. The number of urea groups is 1. The van der Waals surface area contributed by atoms with E-state index in [4.69, 9.17) is 9.47 Å². The number of nitrogens with one attached hydrogen (secondary N) is 2. The van der Waals surface area contributed by atoms with Crippen LogP contribution in [0.25, 0.3) is 0 Å². The Labute approximate surface area is 106 Å². The molecule has 2 amide bonds. The highest BCUT2D eigenvalue weighted by Crippen LogP contribution is 2.19. The van der Waals surface area contributed by atoms with E-state index in [0.29, 0.717) is 24.0 Å². The summed E-state index contributed by atoms with van der Waals surface area (Å²) in [5, 5.41) is 5.52. The molecule has 0 spiro atoms. The Kier molecular flexibility index (Phi) is 4.35. The third-order valence-corrected chi connectivity index (χ3v) is 2.79. The number of nitrogens with zero attached hydrogens (tertiary/aromatic N) is 1. The summed E-state index contributed by atoms with van der Waals surface area (Å²) in [7, 11) is 1.52. The molecule has 1 aliphatic rings. The largest absolute Gasteiger partial charge is 0.480 e. The van der Waals surface area contributed by atoms with Gasteiger partial charge in [0.15, 0.2) is 0 Å². The summed E-state index contributed by atoms with van der Waals surface area (Å²) in [6.07, 6.45) is 2.61. The van der Waals surface area contributed by atoms with Gasteiger partial charge in [0, 0.05) is 25.3 Å². The number of methoxy groups -OCH3 is 1. The lowest BCUT2D eigenvalue weighted by atomic mass is 10.1. The zero-order valence-electron chi connectivity index (χ0n) is 10.3. The van der Waals surface area contributed by atoms with Gasteiger partial charge in [0.1, 0.15) is 5.69 Å². The minimum atomic E-state index is -0.256. The third-order valence-electron chi connectivity index (χ3n) is 2.79. The normalized spacial score (nSPS) is 18.4. The number of hydrogen-bond donors (Lipinski definition) is 2. The van der Waals surface area contributed by atoms with E-state index in [-0.39, 0.29) is 6.03 Å². The summed E-state index contributed by atoms with van der Waals surface area (Å²) in [4.78, 5) is 15.7. The number of amides is 2. The highest BCUT2D eigenvalue weighted by molar-refractivity contribution is 5.90. The molecule has 6 heteroatoms. The molecule has 2 N–H and O–H groups in total. The molecule has 6 nitrogen and oxygen atoms in total. The maximum atomic E-state index is 11.7. The van der Waals surface area contributed by atoms with Crippen molar-refractivity contribution >= 4 is 11.7 Å². The summed E-state index contributed by atoms with van der Waals surface area (Å²) in [6, 6.07) is 3.22. The maximum Gasteiger partial charge on any atom is 0.319 e. The minimum absolute atomic E-state index is 0.256. The number of rotatable bonds is 4. The molecule has 0 aromatic carbocycles. The van der Waals surface area contributed by atoms with Crippen LogP contribution in [0, 0.1) is 5.92 Å². The topological polar surface area (TPSA) is 72.5 Å². The average molecular weight is 251 g/mol. The zero-order chi connectivity index (χ0) is 12.8. The van der Waals surface area contributed by atoms with Gasteiger partial charge < -0.3 is 20.1 Å². The lowest BCUT2D eigenvalue weighted by Crippen LogP contribution is -2.33. The van der Waals surface area contributed by atoms with Gasteiger partial charge in [0.2, 0.25) is 5.88 Å². The van der Waals surface area contributed by atoms with Crippen molar-refractivity contribution in [3.05, 3.63) is 18.3 Å². The molecule has 1 saturated heterocycles. The Bertz CT molecular complexity index is 405. The second-order valence-corrected chi connectivity index (χ2v) is 4.12. The molecule has 18 heavy (non-hydrogen) atoms. The van der Waals surface area contributed by atoms with Gasteiger partial charge >= 0.3 is 6.03 Å². The zero-order valence-corrected chi connectivity index (χ0v) is 10.3. The minimum Gasteiger partial charge on any atom is -0.480 e. The van der Waals surface area contributed by atoms with Crippen molar-refractivity contribution in [2.24, 2.45) is 5.92 Å². The molecular formula is C12H17N3O3. The summed E-state index contributed by atoms with van der Waals surface area (Å²) in [5.41, 5.74) is 0.556. The fourth-order valence-electron chi connectivity index (χ4n) is 1.80. The van der Waals surface area contributed by atoms with Crippen molar-refractivity contribution < 1.29 is 14.3 Å². The number of anilines is 1. The number of aromatic nitrogens is 1. The smallest absolute Gasteiger partial charge is 0.319 e. The van der Waals surface area contributed by atoms with Crippen LogP contribution in [-0.2, 0) is 4.74 Å². The Balaban J connectivity index is 1.82. The van der Waals surface area contributed by atoms with Crippen LogP contribution in [0.1, 0.15) is 6.42 Å². The van der Waals surface area contributed by atoms with Crippen molar-refractivity contribution in [3.8, 4) is 5.88 Å². The summed E-state index contributed by atoms with van der Waals surface area (Å²) in [6.45, 7) is 2.12. The first-order valence-corrected chi connectivity index (χ1v) is 5.91. The number of hydrogen-bond acceptors (Lipinski definition) is 4. The van der Waals surface area contributed by atoms with Crippen molar-refractivity contribution in [1.29, 1.82) is 0 Å². The maximum absolute atomic E-state index is 11.7. The summed E-state index contributed by atoms with van der Waals surface area (Å²) < 4.78 is 10.3. The monoisotopic (exact) mass is 251 g/mol. The van der Waals surface area contributed by atoms with E-state index < -0.39 is 0 Å². The molecule has 0 radical (unpaired) electrons. The Morgan fingerprint density at radius 2 is 2.56 bits per heavy atom. The van der Waals surface area contributed by atoms with Gasteiger partial charge in [-0.05, 0) is 18.6 Å². The molecule has 1 aromatic heterocycles. The van der Waals surface area contributed by atoms with E-state index in [1.165, 1.54) is 7.11 Å². The Hall–Kier alpha value is -1.82. The highest BCUT2D eigenvalue weighted by atomic mass is 16.5.